The molecule has 144 valence electrons. The summed E-state index contributed by atoms with van der Waals surface area (Å²) >= 11 is 0. The van der Waals surface area contributed by atoms with Crippen molar-refractivity contribution >= 4 is 28.1 Å². The van der Waals surface area contributed by atoms with Crippen LogP contribution in [0.25, 0.3) is 16.5 Å². The van der Waals surface area contributed by atoms with E-state index < -0.39 is 5.91 Å². The lowest BCUT2D eigenvalue weighted by atomic mass is 9.83. The van der Waals surface area contributed by atoms with E-state index in [0.717, 1.165) is 11.1 Å². The molecule has 0 unspecified atom stereocenters. The largest absolute Gasteiger partial charge is 0.507 e. The number of aromatic hydroxyl groups is 1. The number of aromatic amines is 1. The highest BCUT2D eigenvalue weighted by Gasteiger charge is 2.23. The molecular formula is C23H24N2O3. The number of benzene rings is 2. The average Bonchev–Trinajstić information content (AvgIpc) is 2.60. The fourth-order valence-corrected chi connectivity index (χ4v) is 3.18. The molecule has 0 fully saturated rings. The smallest absolute Gasteiger partial charge is 0.261 e. The molecule has 3 N–H and O–H groups in total. The maximum atomic E-state index is 12.9. The van der Waals surface area contributed by atoms with Gasteiger partial charge in [0.25, 0.3) is 5.91 Å². The molecule has 0 atom stereocenters. The Morgan fingerprint density at radius 1 is 1.14 bits per heavy atom. The van der Waals surface area contributed by atoms with Gasteiger partial charge in [0.05, 0.1) is 0 Å². The Balaban J connectivity index is 2.07. The Hall–Kier alpha value is -3.34. The fourth-order valence-electron chi connectivity index (χ4n) is 3.18. The molecule has 1 aromatic heterocycles. The van der Waals surface area contributed by atoms with Gasteiger partial charge in [0, 0.05) is 34.4 Å². The molecule has 0 radical (unpaired) electrons. The van der Waals surface area contributed by atoms with Gasteiger partial charge in [0.1, 0.15) is 11.3 Å². The van der Waals surface area contributed by atoms with Crippen LogP contribution in [-0.4, -0.2) is 16.0 Å². The second-order valence-corrected chi connectivity index (χ2v) is 7.98. The van der Waals surface area contributed by atoms with E-state index in [1.165, 1.54) is 12.3 Å². The van der Waals surface area contributed by atoms with Crippen LogP contribution in [0.3, 0.4) is 0 Å². The molecule has 3 aromatic rings. The number of anilines is 1. The Bertz CT molecular complexity index is 1150. The Labute approximate surface area is 163 Å². The molecule has 5 heteroatoms. The molecule has 2 aromatic carbocycles. The van der Waals surface area contributed by atoms with Crippen LogP contribution in [0.5, 0.6) is 5.75 Å². The van der Waals surface area contributed by atoms with Crippen molar-refractivity contribution in [3.05, 3.63) is 76.1 Å². The number of H-pyrrole nitrogens is 1. The minimum absolute atomic E-state index is 0.0158. The monoisotopic (exact) mass is 376 g/mol. The molecule has 0 aliphatic rings. The standard InChI is InChI=1S/C23H24N2O3/c1-13(2)15-10-17(23(3,4)5)19(11-20(15)26)25-22(28)16-12-24-18-9-7-6-8-14(18)21(16)27/h6-12,26H,1H2,2-5H3,(H,24,27)(H,25,28). The second-order valence-electron chi connectivity index (χ2n) is 7.98. The zero-order valence-corrected chi connectivity index (χ0v) is 16.5. The van der Waals surface area contributed by atoms with Crippen molar-refractivity contribution in [2.24, 2.45) is 0 Å². The summed E-state index contributed by atoms with van der Waals surface area (Å²) < 4.78 is 0. The molecule has 1 heterocycles. The molecule has 1 amide bonds. The molecule has 0 bridgehead atoms. The Morgan fingerprint density at radius 3 is 2.46 bits per heavy atom. The summed E-state index contributed by atoms with van der Waals surface area (Å²) in [5, 5.41) is 13.6. The van der Waals surface area contributed by atoms with E-state index in [2.05, 4.69) is 16.9 Å². The van der Waals surface area contributed by atoms with Gasteiger partial charge in [-0.2, -0.15) is 0 Å². The number of phenolic OH excluding ortho intramolecular Hbond substituents is 1. The maximum absolute atomic E-state index is 12.9. The highest BCUT2D eigenvalue weighted by Crippen LogP contribution is 2.37. The Kier molecular flexibility index (Phi) is 4.86. The first-order chi connectivity index (χ1) is 13.1. The minimum atomic E-state index is -0.528. The van der Waals surface area contributed by atoms with Crippen molar-refractivity contribution in [3.63, 3.8) is 0 Å². The summed E-state index contributed by atoms with van der Waals surface area (Å²) in [7, 11) is 0. The zero-order chi connectivity index (χ0) is 20.6. The molecule has 0 aliphatic carbocycles. The van der Waals surface area contributed by atoms with E-state index in [1.807, 2.05) is 39.8 Å². The normalized spacial score (nSPS) is 11.4. The first kappa shape index (κ1) is 19.4. The van der Waals surface area contributed by atoms with Gasteiger partial charge >= 0.3 is 0 Å². The molecule has 0 spiro atoms. The van der Waals surface area contributed by atoms with E-state index >= 15 is 0 Å². The first-order valence-corrected chi connectivity index (χ1v) is 9.04. The van der Waals surface area contributed by atoms with Gasteiger partial charge < -0.3 is 15.4 Å². The van der Waals surface area contributed by atoms with E-state index in [4.69, 9.17) is 0 Å². The number of carbonyl (C=O) groups is 1. The number of allylic oxidation sites excluding steroid dienone is 1. The number of fused-ring (bicyclic) bond motifs is 1. The molecule has 0 saturated carbocycles. The number of aromatic nitrogens is 1. The molecule has 3 rings (SSSR count). The highest BCUT2D eigenvalue weighted by molar-refractivity contribution is 6.06. The summed E-state index contributed by atoms with van der Waals surface area (Å²) in [4.78, 5) is 28.6. The van der Waals surface area contributed by atoms with Crippen LogP contribution in [-0.2, 0) is 5.41 Å². The van der Waals surface area contributed by atoms with Crippen LogP contribution >= 0.6 is 0 Å². The summed E-state index contributed by atoms with van der Waals surface area (Å²) in [6, 6.07) is 10.4. The van der Waals surface area contributed by atoms with Gasteiger partial charge in [0.2, 0.25) is 5.43 Å². The quantitative estimate of drug-likeness (QED) is 0.613. The van der Waals surface area contributed by atoms with Crippen molar-refractivity contribution in [3.8, 4) is 5.75 Å². The molecular weight excluding hydrogens is 352 g/mol. The number of carbonyl (C=O) groups excluding carboxylic acids is 1. The van der Waals surface area contributed by atoms with Crippen LogP contribution in [0, 0.1) is 0 Å². The lowest BCUT2D eigenvalue weighted by Gasteiger charge is -2.25. The van der Waals surface area contributed by atoms with Gasteiger partial charge in [-0.3, -0.25) is 9.59 Å². The van der Waals surface area contributed by atoms with Crippen molar-refractivity contribution in [2.45, 2.75) is 33.1 Å². The SMILES string of the molecule is C=C(C)c1cc(C(C)(C)C)c(NC(=O)c2c[nH]c3ccccc3c2=O)cc1O. The predicted molar refractivity (Wildman–Crippen MR) is 114 cm³/mol. The zero-order valence-electron chi connectivity index (χ0n) is 16.5. The van der Waals surface area contributed by atoms with Crippen molar-refractivity contribution in [1.29, 1.82) is 0 Å². The number of amides is 1. The van der Waals surface area contributed by atoms with Gasteiger partial charge in [-0.05, 0) is 41.7 Å². The van der Waals surface area contributed by atoms with Crippen LogP contribution in [0.2, 0.25) is 0 Å². The molecule has 0 saturated heterocycles. The first-order valence-electron chi connectivity index (χ1n) is 9.04. The number of nitrogens with one attached hydrogen (secondary N) is 2. The molecule has 0 aliphatic heterocycles. The van der Waals surface area contributed by atoms with Gasteiger partial charge in [-0.1, -0.05) is 39.5 Å². The summed E-state index contributed by atoms with van der Waals surface area (Å²) in [5.74, 6) is -0.497. The Morgan fingerprint density at radius 2 is 1.82 bits per heavy atom. The van der Waals surface area contributed by atoms with Crippen LogP contribution in [0.1, 0.15) is 49.2 Å². The third-order valence-corrected chi connectivity index (χ3v) is 4.68. The number of para-hydroxylation sites is 1. The average molecular weight is 376 g/mol. The molecule has 5 nitrogen and oxygen atoms in total. The number of phenols is 1. The summed E-state index contributed by atoms with van der Waals surface area (Å²) in [5.41, 5.74) is 2.72. The summed E-state index contributed by atoms with van der Waals surface area (Å²) in [6.07, 6.45) is 1.42. The van der Waals surface area contributed by atoms with Crippen LogP contribution in [0.15, 0.2) is 54.0 Å². The maximum Gasteiger partial charge on any atom is 0.261 e. The number of pyridine rings is 1. The van der Waals surface area contributed by atoms with Crippen molar-refractivity contribution in [1.82, 2.24) is 4.98 Å². The van der Waals surface area contributed by atoms with Crippen molar-refractivity contribution < 1.29 is 9.90 Å². The van der Waals surface area contributed by atoms with Gasteiger partial charge in [0.15, 0.2) is 0 Å². The third-order valence-electron chi connectivity index (χ3n) is 4.68. The highest BCUT2D eigenvalue weighted by atomic mass is 16.3. The van der Waals surface area contributed by atoms with E-state index in [9.17, 15) is 14.7 Å². The van der Waals surface area contributed by atoms with E-state index in [-0.39, 0.29) is 22.2 Å². The molecule has 28 heavy (non-hydrogen) atoms. The summed E-state index contributed by atoms with van der Waals surface area (Å²) in [6.45, 7) is 11.8. The third kappa shape index (κ3) is 3.56. The number of hydrogen-bond acceptors (Lipinski definition) is 3. The van der Waals surface area contributed by atoms with E-state index in [0.29, 0.717) is 22.2 Å². The van der Waals surface area contributed by atoms with Gasteiger partial charge in [-0.25, -0.2) is 0 Å². The van der Waals surface area contributed by atoms with Crippen LogP contribution in [0.4, 0.5) is 5.69 Å². The lowest BCUT2D eigenvalue weighted by Crippen LogP contribution is -2.24. The topological polar surface area (TPSA) is 82.2 Å². The van der Waals surface area contributed by atoms with Gasteiger partial charge in [-0.15, -0.1) is 0 Å². The van der Waals surface area contributed by atoms with Crippen molar-refractivity contribution in [2.75, 3.05) is 5.32 Å². The lowest BCUT2D eigenvalue weighted by molar-refractivity contribution is 0.102. The fraction of sp³-hybridized carbons (Fsp3) is 0.217. The van der Waals surface area contributed by atoms with E-state index in [1.54, 1.807) is 18.2 Å². The van der Waals surface area contributed by atoms with Crippen LogP contribution < -0.4 is 10.7 Å². The number of hydrogen-bond donors (Lipinski definition) is 3. The number of rotatable bonds is 3. The second kappa shape index (κ2) is 7.00. The minimum Gasteiger partial charge on any atom is -0.507 e. The predicted octanol–water partition coefficient (Wildman–Crippen LogP) is 4.82.